The van der Waals surface area contributed by atoms with Gasteiger partial charge in [-0.05, 0) is 54.6 Å². The third-order valence-corrected chi connectivity index (χ3v) is 11.0. The number of hydrogen-bond donors (Lipinski definition) is 0. The van der Waals surface area contributed by atoms with Crippen molar-refractivity contribution in [3.63, 3.8) is 0 Å². The van der Waals surface area contributed by atoms with Crippen LogP contribution in [-0.2, 0) is 9.53 Å². The molecule has 0 N–H and O–H groups in total. The number of nitrogens with zero attached hydrogens (tertiary/aromatic N) is 4. The molecule has 0 amide bonds. The Hall–Kier alpha value is -5.71. The van der Waals surface area contributed by atoms with Crippen molar-refractivity contribution in [1.29, 1.82) is 0 Å². The number of methoxy groups -OCH3 is 3. The number of furan rings is 1. The second-order valence-corrected chi connectivity index (χ2v) is 14.3. The molecule has 13 nitrogen and oxygen atoms in total. The molecule has 52 heavy (non-hydrogen) atoms. The van der Waals surface area contributed by atoms with Crippen molar-refractivity contribution in [3.8, 4) is 17.2 Å². The normalized spacial score (nSPS) is 14.2. The van der Waals surface area contributed by atoms with Gasteiger partial charge in [-0.1, -0.05) is 41.7 Å². The number of non-ortho nitro benzene ring substituents is 1. The number of nitro groups is 1. The molecule has 0 saturated heterocycles. The first-order valence-corrected chi connectivity index (χ1v) is 18.1. The maximum atomic E-state index is 14.4. The van der Waals surface area contributed by atoms with Crippen LogP contribution in [0.4, 0.5) is 5.69 Å². The number of thiazole rings is 2. The first-order chi connectivity index (χ1) is 25.2. The highest BCUT2D eigenvalue weighted by molar-refractivity contribution is 8.01. The lowest BCUT2D eigenvalue weighted by Gasteiger charge is -2.27. The van der Waals surface area contributed by atoms with Gasteiger partial charge in [0.2, 0.25) is 5.75 Å². The predicted molar refractivity (Wildman–Crippen MR) is 196 cm³/mol. The van der Waals surface area contributed by atoms with E-state index in [-0.39, 0.29) is 17.9 Å². The molecule has 0 aliphatic carbocycles. The number of hydrogen-bond acceptors (Lipinski definition) is 14. The molecule has 1 aliphatic rings. The zero-order chi connectivity index (χ0) is 36.5. The summed E-state index contributed by atoms with van der Waals surface area (Å²) in [4.78, 5) is 48.8. The summed E-state index contributed by atoms with van der Waals surface area (Å²) in [6.45, 7) is 1.82. The number of carbonyl (C=O) groups excluding carboxylic acids is 1. The number of esters is 1. The van der Waals surface area contributed by atoms with Crippen molar-refractivity contribution in [1.82, 2.24) is 9.55 Å². The van der Waals surface area contributed by atoms with Crippen molar-refractivity contribution < 1.29 is 33.1 Å². The molecule has 264 valence electrons. The van der Waals surface area contributed by atoms with Crippen LogP contribution in [0.25, 0.3) is 22.0 Å². The number of rotatable bonds is 11. The number of aromatic nitrogens is 2. The highest BCUT2D eigenvalue weighted by Crippen LogP contribution is 2.43. The van der Waals surface area contributed by atoms with Gasteiger partial charge >= 0.3 is 5.97 Å². The molecule has 3 aromatic carbocycles. The smallest absolute Gasteiger partial charge is 0.338 e. The molecule has 7 rings (SSSR count). The Labute approximate surface area is 307 Å². The molecule has 0 spiro atoms. The summed E-state index contributed by atoms with van der Waals surface area (Å²) in [5.74, 6) is 0.807. The molecule has 16 heteroatoms. The van der Waals surface area contributed by atoms with Crippen molar-refractivity contribution >= 4 is 68.1 Å². The van der Waals surface area contributed by atoms with Crippen LogP contribution in [0.1, 0.15) is 29.9 Å². The number of fused-ring (bicyclic) bond motifs is 2. The lowest BCUT2D eigenvalue weighted by atomic mass is 9.92. The summed E-state index contributed by atoms with van der Waals surface area (Å²) in [7, 11) is 4.47. The zero-order valence-corrected chi connectivity index (χ0v) is 30.4. The van der Waals surface area contributed by atoms with Gasteiger partial charge in [-0.3, -0.25) is 19.5 Å². The summed E-state index contributed by atoms with van der Waals surface area (Å²) in [6.07, 6.45) is 1.62. The van der Waals surface area contributed by atoms with Gasteiger partial charge in [0.25, 0.3) is 11.2 Å². The average Bonchev–Trinajstić information content (AvgIpc) is 3.86. The van der Waals surface area contributed by atoms with Crippen LogP contribution < -0.4 is 29.1 Å². The summed E-state index contributed by atoms with van der Waals surface area (Å²) in [6, 6.07) is 19.7. The van der Waals surface area contributed by atoms with E-state index in [1.165, 1.54) is 61.1 Å². The molecule has 1 aliphatic heterocycles. The van der Waals surface area contributed by atoms with Gasteiger partial charge in [0.05, 0.1) is 64.9 Å². The Morgan fingerprint density at radius 2 is 1.77 bits per heavy atom. The van der Waals surface area contributed by atoms with Gasteiger partial charge < -0.3 is 23.4 Å². The van der Waals surface area contributed by atoms with Crippen LogP contribution in [-0.4, -0.2) is 48.4 Å². The molecular formula is C36H28N4O9S3. The van der Waals surface area contributed by atoms with Crippen LogP contribution in [0.3, 0.4) is 0 Å². The number of ether oxygens (including phenoxy) is 4. The Kier molecular flexibility index (Phi) is 9.68. The molecular weight excluding hydrogens is 729 g/mol. The van der Waals surface area contributed by atoms with Crippen LogP contribution in [0.5, 0.6) is 17.2 Å². The summed E-state index contributed by atoms with van der Waals surface area (Å²) in [5.41, 5.74) is 1.93. The quantitative estimate of drug-likeness (QED) is 0.0840. The molecule has 4 heterocycles. The molecule has 0 unspecified atom stereocenters. The van der Waals surface area contributed by atoms with Crippen molar-refractivity contribution in [3.05, 3.63) is 125 Å². The monoisotopic (exact) mass is 756 g/mol. The minimum atomic E-state index is -0.987. The third-order valence-electron chi connectivity index (χ3n) is 8.00. The summed E-state index contributed by atoms with van der Waals surface area (Å²) < 4.78 is 31.6. The first kappa shape index (κ1) is 34.7. The van der Waals surface area contributed by atoms with E-state index in [9.17, 15) is 19.7 Å². The average molecular weight is 757 g/mol. The molecule has 0 saturated carbocycles. The van der Waals surface area contributed by atoms with E-state index < -0.39 is 22.5 Å². The largest absolute Gasteiger partial charge is 0.493 e. The van der Waals surface area contributed by atoms with Crippen molar-refractivity contribution in [2.75, 3.05) is 27.9 Å². The summed E-state index contributed by atoms with van der Waals surface area (Å²) >= 11 is 3.73. The maximum Gasteiger partial charge on any atom is 0.338 e. The topological polar surface area (TPSA) is 158 Å². The van der Waals surface area contributed by atoms with Crippen LogP contribution in [0, 0.1) is 10.1 Å². The van der Waals surface area contributed by atoms with Gasteiger partial charge in [-0.2, -0.15) is 0 Å². The number of carbonyl (C=O) groups is 1. The maximum absolute atomic E-state index is 14.4. The van der Waals surface area contributed by atoms with Gasteiger partial charge in [-0.25, -0.2) is 14.8 Å². The SMILES string of the molecule is CCOC(=O)C1=C(c2ccccc2)N=c2s/c(=C\c3ccc(Sc4nc5ccc([N+](=O)[O-])cc5s4)o3)c(=O)n2[C@H]1c1cc(OC)c(OC)c(OC)c1. The Balaban J connectivity index is 1.36. The van der Waals surface area contributed by atoms with E-state index in [4.69, 9.17) is 28.4 Å². The van der Waals surface area contributed by atoms with Crippen molar-refractivity contribution in [2.45, 2.75) is 22.4 Å². The predicted octanol–water partition coefficient (Wildman–Crippen LogP) is 6.22. The van der Waals surface area contributed by atoms with E-state index in [2.05, 4.69) is 4.98 Å². The molecule has 6 aromatic rings. The van der Waals surface area contributed by atoms with Crippen LogP contribution in [0.15, 0.2) is 102 Å². The fraction of sp³-hybridized carbons (Fsp3) is 0.167. The molecule has 1 atom stereocenters. The first-order valence-electron chi connectivity index (χ1n) is 15.6. The Morgan fingerprint density at radius 1 is 1.02 bits per heavy atom. The number of benzene rings is 3. The molecule has 0 bridgehead atoms. The fourth-order valence-electron chi connectivity index (χ4n) is 5.75. The molecule has 0 radical (unpaired) electrons. The fourth-order valence-corrected chi connectivity index (χ4v) is 8.73. The zero-order valence-electron chi connectivity index (χ0n) is 28.0. The van der Waals surface area contributed by atoms with E-state index in [0.29, 0.717) is 68.8 Å². The lowest BCUT2D eigenvalue weighted by Crippen LogP contribution is -2.40. The number of nitro benzene ring substituents is 1. The third kappa shape index (κ3) is 6.47. The van der Waals surface area contributed by atoms with Gasteiger partial charge in [0, 0.05) is 23.8 Å². The van der Waals surface area contributed by atoms with E-state index in [1.807, 2.05) is 30.3 Å². The highest BCUT2D eigenvalue weighted by Gasteiger charge is 2.36. The van der Waals surface area contributed by atoms with Crippen LogP contribution >= 0.6 is 34.4 Å². The van der Waals surface area contributed by atoms with Gasteiger partial charge in [-0.15, -0.1) is 11.3 Å². The Bertz CT molecular complexity index is 2550. The molecule has 3 aromatic heterocycles. The van der Waals surface area contributed by atoms with Crippen molar-refractivity contribution in [2.24, 2.45) is 4.99 Å². The highest BCUT2D eigenvalue weighted by atomic mass is 32.2. The van der Waals surface area contributed by atoms with Gasteiger partial charge in [0.1, 0.15) is 5.76 Å². The summed E-state index contributed by atoms with van der Waals surface area (Å²) in [5, 5.41) is 11.7. The second-order valence-electron chi connectivity index (χ2n) is 11.0. The standard InChI is InChI=1S/C36H28N4O9S3/c1-5-48-34(42)29-30(19-9-7-6-8-10-19)38-35-39(31(29)20-15-24(45-2)32(47-4)25(16-20)46-3)33(41)27(50-35)18-22-12-14-28(49-22)52-36-37-23-13-11-21(40(43)44)17-26(23)51-36/h6-18,31H,5H2,1-4H3/b27-18-/t31-/m0/s1. The Morgan fingerprint density at radius 3 is 2.44 bits per heavy atom. The van der Waals surface area contributed by atoms with Crippen LogP contribution in [0.2, 0.25) is 0 Å². The van der Waals surface area contributed by atoms with E-state index in [1.54, 1.807) is 43.3 Å². The lowest BCUT2D eigenvalue weighted by molar-refractivity contribution is -0.384. The second kappa shape index (κ2) is 14.5. The molecule has 0 fully saturated rings. The minimum absolute atomic E-state index is 0.00720. The van der Waals surface area contributed by atoms with E-state index in [0.717, 1.165) is 11.3 Å². The van der Waals surface area contributed by atoms with E-state index >= 15 is 0 Å². The van der Waals surface area contributed by atoms with Gasteiger partial charge in [0.15, 0.2) is 25.7 Å². The minimum Gasteiger partial charge on any atom is -0.493 e.